The molecule has 0 nitrogen and oxygen atoms in total. The third kappa shape index (κ3) is 50.5. The molecular weight excluding hydrogens is 729 g/mol. The van der Waals surface area contributed by atoms with E-state index in [0.29, 0.717) is 0 Å². The Morgan fingerprint density at radius 1 is 0.224 bits per heavy atom. The van der Waals surface area contributed by atoms with Crippen LogP contribution in [-0.2, 0) is 0 Å². The van der Waals surface area contributed by atoms with E-state index in [0.717, 1.165) is 0 Å². The Balaban J connectivity index is 3.04. The van der Waals surface area contributed by atoms with Crippen LogP contribution in [0.15, 0.2) is 0 Å². The molecule has 0 aliphatic carbocycles. The van der Waals surface area contributed by atoms with Crippen molar-refractivity contribution < 1.29 is 0 Å². The molecule has 0 saturated carbocycles. The highest BCUT2D eigenvalue weighted by molar-refractivity contribution is 9.09. The first-order valence-corrected chi connectivity index (χ1v) is 30.1. The first kappa shape index (κ1) is 51.5. The first-order chi connectivity index (χ1) is 24.4. The molecule has 0 amide bonds. The van der Waals surface area contributed by atoms with Gasteiger partial charge in [-0.3, -0.25) is 0 Å². The second-order valence-electron chi connectivity index (χ2n) is 14.0. The minimum absolute atomic E-state index is 1.23. The molecule has 0 aliphatic heterocycles. The molecule has 296 valence electrons. The van der Waals surface area contributed by atoms with Crippen molar-refractivity contribution in [2.45, 2.75) is 206 Å². The van der Waals surface area contributed by atoms with Gasteiger partial charge in [-0.1, -0.05) is 183 Å². The molecule has 0 aromatic carbocycles. The maximum atomic E-state index is 2.30. The van der Waals surface area contributed by atoms with Crippen molar-refractivity contribution in [3.8, 4) is 0 Å². The predicted octanol–water partition coefficient (Wildman–Crippen LogP) is 17.7. The molecular formula is C42H86S7. The molecule has 0 heterocycles. The zero-order valence-corrected chi connectivity index (χ0v) is 38.9. The van der Waals surface area contributed by atoms with Crippen LogP contribution in [0.2, 0.25) is 0 Å². The zero-order valence-electron chi connectivity index (χ0n) is 33.1. The van der Waals surface area contributed by atoms with E-state index in [1.165, 1.54) is 250 Å². The van der Waals surface area contributed by atoms with Gasteiger partial charge in [0, 0.05) is 11.5 Å². The molecule has 0 saturated heterocycles. The molecule has 0 rings (SSSR count). The van der Waals surface area contributed by atoms with Gasteiger partial charge in [0.1, 0.15) is 0 Å². The molecule has 49 heavy (non-hydrogen) atoms. The van der Waals surface area contributed by atoms with Gasteiger partial charge in [0.15, 0.2) is 0 Å². The van der Waals surface area contributed by atoms with Gasteiger partial charge in [-0.25, -0.2) is 0 Å². The van der Waals surface area contributed by atoms with Gasteiger partial charge < -0.3 is 0 Å². The van der Waals surface area contributed by atoms with Crippen molar-refractivity contribution in [3.63, 3.8) is 0 Å². The smallest absolute Gasteiger partial charge is 0.00451 e. The highest BCUT2D eigenvalue weighted by Gasteiger charge is 1.99. The Bertz CT molecular complexity index is 505. The van der Waals surface area contributed by atoms with Crippen LogP contribution in [0.4, 0.5) is 0 Å². The normalized spacial score (nSPS) is 11.6. The van der Waals surface area contributed by atoms with Gasteiger partial charge in [-0.15, -0.1) is 0 Å². The second-order valence-corrected chi connectivity index (χ2v) is 23.5. The largest absolute Gasteiger partial charge is 0.162 e. The molecule has 0 radical (unpaired) electrons. The van der Waals surface area contributed by atoms with Crippen LogP contribution in [0.25, 0.3) is 0 Å². The summed E-state index contributed by atoms with van der Waals surface area (Å²) in [6.07, 6.45) is 43.8. The summed E-state index contributed by atoms with van der Waals surface area (Å²) in [4.78, 5) is 0. The SMILES string of the molecule is CCCCCCSCCCSCCCCCCSCCCSCCCCCCCCCCCCCCCCCCCCCCSSSCC. The average molecular weight is 816 g/mol. The van der Waals surface area contributed by atoms with Gasteiger partial charge in [0.05, 0.1) is 0 Å². The summed E-state index contributed by atoms with van der Waals surface area (Å²) in [5.41, 5.74) is 0. The maximum absolute atomic E-state index is 2.30. The molecule has 0 bridgehead atoms. The summed E-state index contributed by atoms with van der Waals surface area (Å²) in [6, 6.07) is 0. The molecule has 0 aliphatic rings. The van der Waals surface area contributed by atoms with E-state index in [2.05, 4.69) is 71.7 Å². The van der Waals surface area contributed by atoms with Crippen LogP contribution in [0.3, 0.4) is 0 Å². The van der Waals surface area contributed by atoms with Crippen molar-refractivity contribution in [2.24, 2.45) is 0 Å². The minimum atomic E-state index is 1.23. The summed E-state index contributed by atoms with van der Waals surface area (Å²) < 4.78 is 0. The Morgan fingerprint density at radius 3 is 0.755 bits per heavy atom. The van der Waals surface area contributed by atoms with Gasteiger partial charge >= 0.3 is 0 Å². The number of rotatable bonds is 46. The number of unbranched alkanes of at least 4 members (excludes halogenated alkanes) is 25. The van der Waals surface area contributed by atoms with Crippen molar-refractivity contribution >= 4 is 78.5 Å². The van der Waals surface area contributed by atoms with Gasteiger partial charge in [0.2, 0.25) is 0 Å². The van der Waals surface area contributed by atoms with Crippen molar-refractivity contribution in [1.82, 2.24) is 0 Å². The molecule has 0 N–H and O–H groups in total. The summed E-state index contributed by atoms with van der Waals surface area (Å²) in [7, 11) is 6.02. The fourth-order valence-corrected chi connectivity index (χ4v) is 13.9. The third-order valence-corrected chi connectivity index (χ3v) is 18.1. The van der Waals surface area contributed by atoms with Gasteiger partial charge in [-0.05, 0) is 101 Å². The summed E-state index contributed by atoms with van der Waals surface area (Å²) >= 11 is 8.81. The van der Waals surface area contributed by atoms with E-state index in [-0.39, 0.29) is 0 Å². The first-order valence-electron chi connectivity index (χ1n) is 21.6. The Kier molecular flexibility index (Phi) is 53.0. The van der Waals surface area contributed by atoms with E-state index in [4.69, 9.17) is 0 Å². The van der Waals surface area contributed by atoms with Crippen molar-refractivity contribution in [2.75, 3.05) is 57.5 Å². The molecule has 7 heteroatoms. The predicted molar refractivity (Wildman–Crippen MR) is 252 cm³/mol. The highest BCUT2D eigenvalue weighted by Crippen LogP contribution is 2.34. The van der Waals surface area contributed by atoms with Crippen LogP contribution >= 0.6 is 78.5 Å². The number of thioether (sulfide) groups is 4. The lowest BCUT2D eigenvalue weighted by Gasteiger charge is -2.05. The zero-order chi connectivity index (χ0) is 35.2. The molecule has 0 atom stereocenters. The van der Waals surface area contributed by atoms with Crippen LogP contribution in [0, 0.1) is 0 Å². The lowest BCUT2D eigenvalue weighted by molar-refractivity contribution is 0.523. The summed E-state index contributed by atoms with van der Waals surface area (Å²) in [6.45, 7) is 4.54. The van der Waals surface area contributed by atoms with Gasteiger partial charge in [-0.2, -0.15) is 47.0 Å². The lowest BCUT2D eigenvalue weighted by atomic mass is 10.0. The quantitative estimate of drug-likeness (QED) is 0.0438. The number of hydrogen-bond acceptors (Lipinski definition) is 7. The molecule has 0 spiro atoms. The molecule has 0 aromatic heterocycles. The van der Waals surface area contributed by atoms with Gasteiger partial charge in [0.25, 0.3) is 0 Å². The Labute approximate surface area is 339 Å². The summed E-state index contributed by atoms with van der Waals surface area (Å²) in [5, 5.41) is 0. The van der Waals surface area contributed by atoms with Crippen LogP contribution < -0.4 is 0 Å². The summed E-state index contributed by atoms with van der Waals surface area (Å²) in [5.74, 6) is 13.7. The Hall–Kier alpha value is 2.45. The van der Waals surface area contributed by atoms with Crippen molar-refractivity contribution in [1.29, 1.82) is 0 Å². The van der Waals surface area contributed by atoms with Crippen LogP contribution in [-0.4, -0.2) is 57.5 Å². The topological polar surface area (TPSA) is 0 Å². The standard InChI is InChI=1S/C42H86S7/c1-3-5-6-27-34-43-38-32-40-45-36-29-25-26-30-37-46-41-33-39-44-35-28-23-21-19-17-15-13-11-9-7-8-10-12-14-16-18-20-22-24-31-42-48-49-47-4-2/h3-42H2,1-2H3. The highest BCUT2D eigenvalue weighted by atomic mass is 33.5. The molecule has 0 fully saturated rings. The van der Waals surface area contributed by atoms with E-state index < -0.39 is 0 Å². The third-order valence-electron chi connectivity index (χ3n) is 9.10. The Morgan fingerprint density at radius 2 is 0.469 bits per heavy atom. The van der Waals surface area contributed by atoms with Crippen molar-refractivity contribution in [3.05, 3.63) is 0 Å². The maximum Gasteiger partial charge on any atom is 0.00451 e. The molecule has 0 aromatic rings. The average Bonchev–Trinajstić information content (AvgIpc) is 3.11. The van der Waals surface area contributed by atoms with Crippen LogP contribution in [0.1, 0.15) is 206 Å². The second kappa shape index (κ2) is 50.5. The fraction of sp³-hybridized carbons (Fsp3) is 1.00. The lowest BCUT2D eigenvalue weighted by Crippen LogP contribution is -1.91. The van der Waals surface area contributed by atoms with E-state index >= 15 is 0 Å². The monoisotopic (exact) mass is 814 g/mol. The fourth-order valence-electron chi connectivity index (χ4n) is 5.99. The van der Waals surface area contributed by atoms with E-state index in [1.54, 1.807) is 0 Å². The minimum Gasteiger partial charge on any atom is -0.162 e. The molecule has 0 unspecified atom stereocenters. The van der Waals surface area contributed by atoms with Crippen LogP contribution in [0.5, 0.6) is 0 Å². The van der Waals surface area contributed by atoms with E-state index in [9.17, 15) is 0 Å². The van der Waals surface area contributed by atoms with E-state index in [1.807, 2.05) is 20.6 Å². The number of hydrogen-bond donors (Lipinski definition) is 0.